The fraction of sp³-hybridized carbons (Fsp3) is 0.543. The number of aliphatic hydroxyl groups excluding tert-OH is 1. The van der Waals surface area contributed by atoms with E-state index < -0.39 is 34.9 Å². The second-order valence-corrected chi connectivity index (χ2v) is 17.7. The fourth-order valence-electron chi connectivity index (χ4n) is 10.3. The highest BCUT2D eigenvalue weighted by Gasteiger charge is 2.42. The first kappa shape index (κ1) is 44.7. The summed E-state index contributed by atoms with van der Waals surface area (Å²) in [4.78, 5) is 81.7. The average Bonchev–Trinajstić information content (AvgIpc) is 3.83. The number of hydrogen-bond acceptors (Lipinski definition) is 12. The number of methoxy groups -OCH3 is 1. The van der Waals surface area contributed by atoms with Gasteiger partial charge >= 0.3 is 0 Å². The van der Waals surface area contributed by atoms with Crippen molar-refractivity contribution in [3.63, 3.8) is 0 Å². The molecule has 2 aromatic carbocycles. The van der Waals surface area contributed by atoms with Crippen molar-refractivity contribution in [2.45, 2.75) is 108 Å². The van der Waals surface area contributed by atoms with E-state index in [4.69, 9.17) is 9.72 Å². The summed E-state index contributed by atoms with van der Waals surface area (Å²) in [6.45, 7) is 3.43. The lowest BCUT2D eigenvalue weighted by Gasteiger charge is -2.44. The highest BCUT2D eigenvalue weighted by Crippen LogP contribution is 2.41. The van der Waals surface area contributed by atoms with Gasteiger partial charge in [0.15, 0.2) is 5.82 Å². The number of nitrogens with one attached hydrogen (secondary N) is 3. The Bertz CT molecular complexity index is 2270. The van der Waals surface area contributed by atoms with E-state index in [0.717, 1.165) is 25.7 Å². The van der Waals surface area contributed by atoms with Gasteiger partial charge in [0.1, 0.15) is 29.1 Å². The molecule has 3 saturated heterocycles. The van der Waals surface area contributed by atoms with E-state index in [1.807, 2.05) is 11.8 Å². The first-order valence-electron chi connectivity index (χ1n) is 22.5. The van der Waals surface area contributed by atoms with Gasteiger partial charge in [-0.25, -0.2) is 13.8 Å². The number of fused-ring (bicyclic) bond motifs is 1. The molecule has 2 atom stereocenters. The Hall–Kier alpha value is -5.91. The van der Waals surface area contributed by atoms with E-state index in [9.17, 15) is 29.1 Å². The minimum Gasteiger partial charge on any atom is -0.495 e. The van der Waals surface area contributed by atoms with Gasteiger partial charge in [-0.05, 0) is 88.1 Å². The molecule has 342 valence electrons. The van der Waals surface area contributed by atoms with Crippen LogP contribution in [0.5, 0.6) is 5.75 Å². The Kier molecular flexibility index (Phi) is 13.0. The van der Waals surface area contributed by atoms with Gasteiger partial charge in [-0.2, -0.15) is 4.98 Å². The maximum Gasteiger partial charge on any atom is 0.251 e. The van der Waals surface area contributed by atoms with Crippen molar-refractivity contribution in [1.82, 2.24) is 25.5 Å². The number of halogens is 2. The van der Waals surface area contributed by atoms with Crippen LogP contribution in [-0.4, -0.2) is 114 Å². The predicted molar refractivity (Wildman–Crippen MR) is 235 cm³/mol. The summed E-state index contributed by atoms with van der Waals surface area (Å²) in [5.41, 5.74) is 0.784. The van der Waals surface area contributed by atoms with Crippen molar-refractivity contribution >= 4 is 58.4 Å². The molecule has 18 heteroatoms. The maximum atomic E-state index is 15.3. The molecule has 64 heavy (non-hydrogen) atoms. The average molecular weight is 886 g/mol. The molecule has 4 fully saturated rings. The molecule has 5 amide bonds. The number of likely N-dealkylation sites (N-methyl/N-ethyl adjacent to an activating group) is 1. The van der Waals surface area contributed by atoms with Crippen molar-refractivity contribution in [3.05, 3.63) is 59.3 Å². The standard InChI is InChI=1S/C46H57F2N9O7/c1-4-35-44(63)54(2)36-26-49-45(52-40(36)57(35)29-7-5-6-8-29)50-34-11-9-28(23-37(34)64-3)41(60)53-46(17-22-58)15-20-56(21-16-46)43(62)27-13-18-55(19-14-27)30-24-32(47)39(33(48)25-30)31-10-12-38(59)51-42(31)61/h9,11,23-27,29,31,35,58H,4-8,10,12-22H2,1-3H3,(H,53,60)(H,49,50,52)(H,51,59,61)/t31?,35-/m1/s1. The largest absolute Gasteiger partial charge is 0.495 e. The molecule has 1 aliphatic carbocycles. The molecule has 0 radical (unpaired) electrons. The number of carbonyl (C=O) groups excluding carboxylic acids is 5. The van der Waals surface area contributed by atoms with Crippen molar-refractivity contribution < 1.29 is 42.6 Å². The fourth-order valence-corrected chi connectivity index (χ4v) is 10.3. The molecule has 1 aromatic heterocycles. The molecular weight excluding hydrogens is 829 g/mol. The summed E-state index contributed by atoms with van der Waals surface area (Å²) in [5, 5.41) is 18.7. The molecule has 8 rings (SSSR count). The maximum absolute atomic E-state index is 15.3. The summed E-state index contributed by atoms with van der Waals surface area (Å²) in [7, 11) is 3.27. The molecule has 5 aliphatic rings. The third kappa shape index (κ3) is 8.80. The third-order valence-corrected chi connectivity index (χ3v) is 14.0. The first-order chi connectivity index (χ1) is 30.8. The van der Waals surface area contributed by atoms with Crippen LogP contribution in [0, 0.1) is 17.6 Å². The molecule has 5 heterocycles. The van der Waals surface area contributed by atoms with Crippen LogP contribution in [0.3, 0.4) is 0 Å². The topological polar surface area (TPSA) is 190 Å². The summed E-state index contributed by atoms with van der Waals surface area (Å²) in [6, 6.07) is 7.38. The molecule has 16 nitrogen and oxygen atoms in total. The van der Waals surface area contributed by atoms with Gasteiger partial charge in [-0.1, -0.05) is 19.8 Å². The lowest BCUT2D eigenvalue weighted by atomic mass is 9.83. The SMILES string of the molecule is CC[C@@H]1C(=O)N(C)c2cnc(Nc3ccc(C(=O)NC4(CCO)CCN(C(=O)C5CCN(c6cc(F)c(C7CCC(=O)NC7=O)c(F)c6)CC5)CC4)cc3OC)nc2N1C1CCCC1. The van der Waals surface area contributed by atoms with Crippen LogP contribution >= 0.6 is 0 Å². The number of imide groups is 1. The van der Waals surface area contributed by atoms with Gasteiger partial charge < -0.3 is 40.1 Å². The Morgan fingerprint density at radius 3 is 2.33 bits per heavy atom. The minimum absolute atomic E-state index is 0.00793. The van der Waals surface area contributed by atoms with Crippen molar-refractivity contribution in [2.75, 3.05) is 67.0 Å². The molecule has 1 unspecified atom stereocenters. The summed E-state index contributed by atoms with van der Waals surface area (Å²) < 4.78 is 36.2. The molecule has 0 spiro atoms. The number of anilines is 5. The highest BCUT2D eigenvalue weighted by molar-refractivity contribution is 6.04. The first-order valence-corrected chi connectivity index (χ1v) is 22.5. The number of piperidine rings is 3. The third-order valence-electron chi connectivity index (χ3n) is 14.0. The van der Waals surface area contributed by atoms with Crippen LogP contribution in [0.15, 0.2) is 36.5 Å². The van der Waals surface area contributed by atoms with E-state index in [1.54, 1.807) is 41.2 Å². The van der Waals surface area contributed by atoms with Gasteiger partial charge in [-0.15, -0.1) is 0 Å². The number of hydrogen-bond donors (Lipinski definition) is 4. The van der Waals surface area contributed by atoms with Crippen LogP contribution in [0.25, 0.3) is 0 Å². The molecule has 1 saturated carbocycles. The van der Waals surface area contributed by atoms with Crippen molar-refractivity contribution in [3.8, 4) is 5.75 Å². The minimum atomic E-state index is -1.08. The number of aliphatic hydroxyl groups is 1. The van der Waals surface area contributed by atoms with E-state index in [0.29, 0.717) is 105 Å². The number of aromatic nitrogens is 2. The number of rotatable bonds is 12. The van der Waals surface area contributed by atoms with Gasteiger partial charge in [0.05, 0.1) is 24.9 Å². The predicted octanol–water partition coefficient (Wildman–Crippen LogP) is 4.92. The van der Waals surface area contributed by atoms with E-state index in [1.165, 1.54) is 19.2 Å². The zero-order valence-electron chi connectivity index (χ0n) is 36.6. The number of ether oxygens (including phenoxy) is 1. The Balaban J connectivity index is 0.878. The number of likely N-dealkylation sites (tertiary alicyclic amines) is 1. The smallest absolute Gasteiger partial charge is 0.251 e. The highest BCUT2D eigenvalue weighted by atomic mass is 19.1. The lowest BCUT2D eigenvalue weighted by Crippen LogP contribution is -2.57. The van der Waals surface area contributed by atoms with Gasteiger partial charge in [-0.3, -0.25) is 29.3 Å². The van der Waals surface area contributed by atoms with Gasteiger partial charge in [0.25, 0.3) is 5.91 Å². The quantitative estimate of drug-likeness (QED) is 0.180. The lowest BCUT2D eigenvalue weighted by molar-refractivity contribution is -0.138. The van der Waals surface area contributed by atoms with Crippen LogP contribution in [0.1, 0.15) is 106 Å². The number of carbonyl (C=O) groups is 5. The van der Waals surface area contributed by atoms with Crippen LogP contribution in [-0.2, 0) is 19.2 Å². The normalized spacial score (nSPS) is 21.8. The number of benzene rings is 2. The summed E-state index contributed by atoms with van der Waals surface area (Å²) >= 11 is 0. The molecule has 4 N–H and O–H groups in total. The van der Waals surface area contributed by atoms with Crippen LogP contribution in [0.2, 0.25) is 0 Å². The van der Waals surface area contributed by atoms with Gasteiger partial charge in [0, 0.05) is 80.6 Å². The zero-order valence-corrected chi connectivity index (χ0v) is 36.6. The Labute approximate surface area is 371 Å². The zero-order chi connectivity index (χ0) is 45.3. The molecule has 4 aliphatic heterocycles. The van der Waals surface area contributed by atoms with Crippen LogP contribution in [0.4, 0.5) is 37.6 Å². The Morgan fingerprint density at radius 2 is 1.69 bits per heavy atom. The van der Waals surface area contributed by atoms with Crippen molar-refractivity contribution in [1.29, 1.82) is 0 Å². The molecule has 0 bridgehead atoms. The molecular formula is C46H57F2N9O7. The van der Waals surface area contributed by atoms with Crippen LogP contribution < -0.4 is 35.4 Å². The second kappa shape index (κ2) is 18.7. The van der Waals surface area contributed by atoms with Gasteiger partial charge in [0.2, 0.25) is 29.6 Å². The van der Waals surface area contributed by atoms with E-state index in [-0.39, 0.29) is 60.7 Å². The monoisotopic (exact) mass is 885 g/mol. The number of nitrogens with zero attached hydrogens (tertiary/aromatic N) is 6. The number of amides is 5. The summed E-state index contributed by atoms with van der Waals surface area (Å²) in [6.07, 6.45) is 8.71. The second-order valence-electron chi connectivity index (χ2n) is 17.7. The molecule has 3 aromatic rings. The summed E-state index contributed by atoms with van der Waals surface area (Å²) in [5.74, 6) is -3.12. The van der Waals surface area contributed by atoms with Crippen molar-refractivity contribution in [2.24, 2.45) is 5.92 Å². The van der Waals surface area contributed by atoms with E-state index in [2.05, 4.69) is 25.8 Å². The Morgan fingerprint density at radius 1 is 0.984 bits per heavy atom. The van der Waals surface area contributed by atoms with E-state index >= 15 is 8.78 Å².